The molecule has 2 nitrogen and oxygen atoms in total. The molecule has 0 unspecified atom stereocenters. The zero-order valence-electron chi connectivity index (χ0n) is 13.9. The molecule has 2 aromatic carbocycles. The molecule has 0 aromatic heterocycles. The lowest BCUT2D eigenvalue weighted by molar-refractivity contribution is 0.377. The smallest absolute Gasteiger partial charge is 0.108 e. The Kier molecular flexibility index (Phi) is 4.99. The summed E-state index contributed by atoms with van der Waals surface area (Å²) in [5, 5.41) is 4.82. The maximum atomic E-state index is 6.34. The summed E-state index contributed by atoms with van der Waals surface area (Å²) in [6, 6.07) is 14.3. The van der Waals surface area contributed by atoms with Gasteiger partial charge in [-0.15, -0.1) is 0 Å². The van der Waals surface area contributed by atoms with Gasteiger partial charge in [0.1, 0.15) is 5.84 Å². The second kappa shape index (κ2) is 7.22. The Morgan fingerprint density at radius 1 is 1.04 bits per heavy atom. The van der Waals surface area contributed by atoms with Gasteiger partial charge in [-0.3, -0.25) is 4.99 Å². The molecule has 2 aliphatic heterocycles. The van der Waals surface area contributed by atoms with Crippen LogP contribution in [-0.4, -0.2) is 17.3 Å². The Morgan fingerprint density at radius 3 is 2.68 bits per heavy atom. The van der Waals surface area contributed by atoms with Gasteiger partial charge in [0.05, 0.1) is 16.6 Å². The van der Waals surface area contributed by atoms with E-state index in [1.165, 1.54) is 35.6 Å². The van der Waals surface area contributed by atoms with Crippen LogP contribution < -0.4 is 5.32 Å². The van der Waals surface area contributed by atoms with Crippen molar-refractivity contribution in [2.24, 2.45) is 10.4 Å². The number of aliphatic imine (C=N–C) groups is 1. The third kappa shape index (κ3) is 3.42. The molecule has 2 aliphatic rings. The van der Waals surface area contributed by atoms with Crippen LogP contribution in [0.25, 0.3) is 0 Å². The number of hydrogen-bond acceptors (Lipinski definition) is 2. The van der Waals surface area contributed by atoms with Crippen molar-refractivity contribution in [3.05, 3.63) is 63.6 Å². The first-order chi connectivity index (χ1) is 12.2. The number of nitrogens with one attached hydrogen (secondary N) is 1. The highest BCUT2D eigenvalue weighted by molar-refractivity contribution is 7.99. The van der Waals surface area contributed by atoms with Crippen LogP contribution in [-0.2, 0) is 13.0 Å². The summed E-state index contributed by atoms with van der Waals surface area (Å²) in [6.07, 6.45) is 3.40. The van der Waals surface area contributed by atoms with Crippen molar-refractivity contribution >= 4 is 46.5 Å². The second-order valence-corrected chi connectivity index (χ2v) is 8.74. The van der Waals surface area contributed by atoms with Crippen molar-refractivity contribution in [3.8, 4) is 0 Å². The molecule has 0 bridgehead atoms. The van der Waals surface area contributed by atoms with Gasteiger partial charge in [-0.1, -0.05) is 53.5 Å². The Bertz CT molecular complexity index is 813. The molecule has 0 atom stereocenters. The van der Waals surface area contributed by atoms with Crippen molar-refractivity contribution in [3.63, 3.8) is 0 Å². The molecule has 2 heterocycles. The van der Waals surface area contributed by atoms with Gasteiger partial charge in [0, 0.05) is 11.1 Å². The Hall–Kier alpha value is -1.16. The van der Waals surface area contributed by atoms with E-state index in [9.17, 15) is 0 Å². The fourth-order valence-electron chi connectivity index (χ4n) is 3.72. The van der Waals surface area contributed by atoms with Crippen LogP contribution in [0.15, 0.2) is 47.5 Å². The van der Waals surface area contributed by atoms with Gasteiger partial charge >= 0.3 is 0 Å². The molecular weight excluding hydrogens is 371 g/mol. The third-order valence-corrected chi connectivity index (χ3v) is 7.03. The predicted molar refractivity (Wildman–Crippen MR) is 110 cm³/mol. The van der Waals surface area contributed by atoms with E-state index in [2.05, 4.69) is 29.6 Å². The minimum absolute atomic E-state index is 0.130. The maximum absolute atomic E-state index is 6.34. The molecule has 5 heteroatoms. The van der Waals surface area contributed by atoms with Crippen LogP contribution in [0.2, 0.25) is 10.0 Å². The summed E-state index contributed by atoms with van der Waals surface area (Å²) in [5.74, 6) is 3.50. The molecule has 4 rings (SSSR count). The van der Waals surface area contributed by atoms with E-state index in [4.69, 9.17) is 28.2 Å². The van der Waals surface area contributed by atoms with Crippen LogP contribution in [0.4, 0.5) is 5.69 Å². The number of benzene rings is 2. The lowest BCUT2D eigenvalue weighted by Gasteiger charge is -2.42. The number of para-hydroxylation sites is 1. The molecule has 0 amide bonds. The number of nitrogens with zero attached hydrogens (tertiary/aromatic N) is 1. The van der Waals surface area contributed by atoms with Crippen LogP contribution in [0, 0.1) is 5.41 Å². The average molecular weight is 391 g/mol. The maximum Gasteiger partial charge on any atom is 0.108 e. The average Bonchev–Trinajstić information content (AvgIpc) is 2.64. The zero-order valence-corrected chi connectivity index (χ0v) is 16.2. The summed E-state index contributed by atoms with van der Waals surface area (Å²) in [4.78, 5) is 4.98. The number of halogens is 2. The molecule has 1 fully saturated rings. The first-order valence-electron chi connectivity index (χ1n) is 8.58. The van der Waals surface area contributed by atoms with E-state index < -0.39 is 0 Å². The van der Waals surface area contributed by atoms with Gasteiger partial charge in [0.2, 0.25) is 0 Å². The van der Waals surface area contributed by atoms with Crippen LogP contribution in [0.5, 0.6) is 0 Å². The van der Waals surface area contributed by atoms with Gasteiger partial charge in [0.25, 0.3) is 0 Å². The summed E-state index contributed by atoms with van der Waals surface area (Å²) >= 11 is 14.5. The monoisotopic (exact) mass is 390 g/mol. The number of amidine groups is 1. The minimum atomic E-state index is 0.130. The molecule has 0 aliphatic carbocycles. The molecule has 1 N–H and O–H groups in total. The SMILES string of the molecule is Clc1cccc(CN=C2Nc3ccccc3CC23CCSCC3)c1Cl. The summed E-state index contributed by atoms with van der Waals surface area (Å²) in [5.41, 5.74) is 3.68. The Morgan fingerprint density at radius 2 is 1.84 bits per heavy atom. The number of hydrogen-bond donors (Lipinski definition) is 1. The lowest BCUT2D eigenvalue weighted by Crippen LogP contribution is -2.44. The normalized spacial score (nSPS) is 20.3. The zero-order chi connectivity index (χ0) is 17.3. The minimum Gasteiger partial charge on any atom is -0.343 e. The first kappa shape index (κ1) is 17.3. The molecule has 130 valence electrons. The van der Waals surface area contributed by atoms with Gasteiger partial charge in [-0.05, 0) is 54.0 Å². The van der Waals surface area contributed by atoms with Gasteiger partial charge in [-0.2, -0.15) is 11.8 Å². The number of thioether (sulfide) groups is 1. The van der Waals surface area contributed by atoms with E-state index in [1.807, 2.05) is 30.0 Å². The standard InChI is InChI=1S/C20H20Cl2N2S/c21-16-6-3-5-15(18(16)22)13-23-19-20(8-10-25-11-9-20)12-14-4-1-2-7-17(14)24-19/h1-7H,8-13H2,(H,23,24). The summed E-state index contributed by atoms with van der Waals surface area (Å²) in [7, 11) is 0. The van der Waals surface area contributed by atoms with E-state index in [1.54, 1.807) is 0 Å². The summed E-state index contributed by atoms with van der Waals surface area (Å²) in [6.45, 7) is 0.554. The largest absolute Gasteiger partial charge is 0.343 e. The van der Waals surface area contributed by atoms with Crippen molar-refractivity contribution in [1.29, 1.82) is 0 Å². The van der Waals surface area contributed by atoms with Crippen molar-refractivity contribution in [2.75, 3.05) is 16.8 Å². The second-order valence-electron chi connectivity index (χ2n) is 6.73. The van der Waals surface area contributed by atoms with Crippen molar-refractivity contribution in [2.45, 2.75) is 25.8 Å². The van der Waals surface area contributed by atoms with Crippen LogP contribution in [0.3, 0.4) is 0 Å². The van der Waals surface area contributed by atoms with E-state index in [0.717, 1.165) is 17.8 Å². The molecule has 2 aromatic rings. The third-order valence-electron chi connectivity index (χ3n) is 5.19. The topological polar surface area (TPSA) is 24.4 Å². The van der Waals surface area contributed by atoms with Gasteiger partial charge < -0.3 is 5.32 Å². The molecule has 1 spiro atoms. The number of anilines is 1. The van der Waals surface area contributed by atoms with Crippen LogP contribution >= 0.6 is 35.0 Å². The number of fused-ring (bicyclic) bond motifs is 1. The summed E-state index contributed by atoms with van der Waals surface area (Å²) < 4.78 is 0. The molecule has 1 saturated heterocycles. The van der Waals surface area contributed by atoms with E-state index in [0.29, 0.717) is 16.6 Å². The molecular formula is C20H20Cl2N2S. The van der Waals surface area contributed by atoms with Gasteiger partial charge in [-0.25, -0.2) is 0 Å². The fourth-order valence-corrected chi connectivity index (χ4v) is 5.38. The quantitative estimate of drug-likeness (QED) is 0.672. The molecule has 0 saturated carbocycles. The lowest BCUT2D eigenvalue weighted by atomic mass is 9.73. The van der Waals surface area contributed by atoms with Crippen LogP contribution in [0.1, 0.15) is 24.0 Å². The fraction of sp³-hybridized carbons (Fsp3) is 0.350. The highest BCUT2D eigenvalue weighted by atomic mass is 35.5. The van der Waals surface area contributed by atoms with Crippen molar-refractivity contribution < 1.29 is 0 Å². The predicted octanol–water partition coefficient (Wildman–Crippen LogP) is 6.07. The van der Waals surface area contributed by atoms with Crippen molar-refractivity contribution in [1.82, 2.24) is 0 Å². The highest BCUT2D eigenvalue weighted by Gasteiger charge is 2.41. The van der Waals surface area contributed by atoms with E-state index in [-0.39, 0.29) is 5.41 Å². The highest BCUT2D eigenvalue weighted by Crippen LogP contribution is 2.44. The number of rotatable bonds is 2. The van der Waals surface area contributed by atoms with Gasteiger partial charge in [0.15, 0.2) is 0 Å². The first-order valence-corrected chi connectivity index (χ1v) is 10.5. The molecule has 25 heavy (non-hydrogen) atoms. The molecule has 0 radical (unpaired) electrons. The Labute approximate surface area is 163 Å². The van der Waals surface area contributed by atoms with E-state index >= 15 is 0 Å². The Balaban J connectivity index is 1.68.